The summed E-state index contributed by atoms with van der Waals surface area (Å²) in [5.74, 6) is -0.283. The van der Waals surface area contributed by atoms with Gasteiger partial charge in [0.15, 0.2) is 0 Å². The third-order valence-electron chi connectivity index (χ3n) is 5.99. The second kappa shape index (κ2) is 9.66. The van der Waals surface area contributed by atoms with Crippen molar-refractivity contribution in [1.29, 1.82) is 0 Å². The standard InChI is InChI=1S/C20H31N3O3S/c1-21-9-11-22(12-10-21)18-6-8-23(14-17(18)3-5-20(25)26)19(24)4-2-16-7-13-27-15-16/h7,13,15,17-18H,2-6,8-12,14H2,1H3,(H,25,26). The van der Waals surface area contributed by atoms with Crippen LogP contribution < -0.4 is 0 Å². The number of thiophene rings is 1. The van der Waals surface area contributed by atoms with Gasteiger partial charge in [0.05, 0.1) is 0 Å². The van der Waals surface area contributed by atoms with E-state index in [1.807, 2.05) is 10.3 Å². The van der Waals surface area contributed by atoms with Crippen molar-refractivity contribution in [2.24, 2.45) is 5.92 Å². The van der Waals surface area contributed by atoms with Crippen LogP contribution in [0.15, 0.2) is 16.8 Å². The normalized spacial score (nSPS) is 24.9. The molecule has 6 nitrogen and oxygen atoms in total. The Kier molecular flexibility index (Phi) is 7.26. The van der Waals surface area contributed by atoms with Crippen LogP contribution >= 0.6 is 11.3 Å². The van der Waals surface area contributed by atoms with E-state index < -0.39 is 5.97 Å². The van der Waals surface area contributed by atoms with E-state index in [0.717, 1.165) is 45.6 Å². The summed E-state index contributed by atoms with van der Waals surface area (Å²) >= 11 is 1.66. The first-order chi connectivity index (χ1) is 13.0. The zero-order valence-corrected chi connectivity index (χ0v) is 17.0. The molecule has 0 saturated carbocycles. The van der Waals surface area contributed by atoms with Gasteiger partial charge < -0.3 is 14.9 Å². The zero-order valence-electron chi connectivity index (χ0n) is 16.2. The van der Waals surface area contributed by atoms with Gasteiger partial charge in [-0.2, -0.15) is 11.3 Å². The zero-order chi connectivity index (χ0) is 19.2. The number of carbonyl (C=O) groups excluding carboxylic acids is 1. The lowest BCUT2D eigenvalue weighted by Gasteiger charge is -2.46. The highest BCUT2D eigenvalue weighted by molar-refractivity contribution is 7.07. The number of nitrogens with zero attached hydrogens (tertiary/aromatic N) is 3. The Bertz CT molecular complexity index is 614. The van der Waals surface area contributed by atoms with E-state index in [1.54, 1.807) is 11.3 Å². The Morgan fingerprint density at radius 3 is 2.63 bits per heavy atom. The molecule has 3 rings (SSSR count). The van der Waals surface area contributed by atoms with Crippen LogP contribution in [0, 0.1) is 5.92 Å². The van der Waals surface area contributed by atoms with Gasteiger partial charge >= 0.3 is 5.97 Å². The van der Waals surface area contributed by atoms with Crippen LogP contribution in [0.2, 0.25) is 0 Å². The topological polar surface area (TPSA) is 64.1 Å². The molecule has 1 aromatic rings. The number of rotatable bonds is 7. The molecule has 0 aliphatic carbocycles. The van der Waals surface area contributed by atoms with Gasteiger partial charge in [0.25, 0.3) is 0 Å². The van der Waals surface area contributed by atoms with Crippen molar-refractivity contribution in [2.75, 3.05) is 46.3 Å². The molecule has 1 aromatic heterocycles. The fraction of sp³-hybridized carbons (Fsp3) is 0.700. The summed E-state index contributed by atoms with van der Waals surface area (Å²) in [7, 11) is 2.15. The molecule has 7 heteroatoms. The SMILES string of the molecule is CN1CCN(C2CCN(C(=O)CCc3ccsc3)CC2CCC(=O)O)CC1. The number of aryl methyl sites for hydroxylation is 1. The van der Waals surface area contributed by atoms with Gasteiger partial charge in [-0.3, -0.25) is 14.5 Å². The largest absolute Gasteiger partial charge is 0.481 e. The van der Waals surface area contributed by atoms with E-state index in [1.165, 1.54) is 5.56 Å². The lowest BCUT2D eigenvalue weighted by atomic mass is 9.86. The van der Waals surface area contributed by atoms with Crippen LogP contribution in [-0.4, -0.2) is 84.0 Å². The van der Waals surface area contributed by atoms with E-state index in [4.69, 9.17) is 5.11 Å². The number of hydrogen-bond donors (Lipinski definition) is 1. The summed E-state index contributed by atoms with van der Waals surface area (Å²) in [5, 5.41) is 13.3. The van der Waals surface area contributed by atoms with Crippen LogP contribution in [0.1, 0.15) is 31.2 Å². The molecule has 2 saturated heterocycles. The van der Waals surface area contributed by atoms with Crippen LogP contribution in [0.4, 0.5) is 0 Å². The molecule has 2 atom stereocenters. The monoisotopic (exact) mass is 393 g/mol. The van der Waals surface area contributed by atoms with Gasteiger partial charge in [-0.1, -0.05) is 0 Å². The van der Waals surface area contributed by atoms with E-state index in [0.29, 0.717) is 25.4 Å². The molecule has 2 fully saturated rings. The molecule has 2 aliphatic heterocycles. The van der Waals surface area contributed by atoms with Gasteiger partial charge in [-0.25, -0.2) is 0 Å². The Morgan fingerprint density at radius 2 is 1.96 bits per heavy atom. The fourth-order valence-electron chi connectivity index (χ4n) is 4.32. The number of hydrogen-bond acceptors (Lipinski definition) is 5. The maximum atomic E-state index is 12.7. The smallest absolute Gasteiger partial charge is 0.303 e. The molecule has 3 heterocycles. The van der Waals surface area contributed by atoms with Crippen molar-refractivity contribution in [1.82, 2.24) is 14.7 Å². The summed E-state index contributed by atoms with van der Waals surface area (Å²) in [6.45, 7) is 5.69. The lowest BCUT2D eigenvalue weighted by Crippen LogP contribution is -2.57. The van der Waals surface area contributed by atoms with Gasteiger partial charge in [0.1, 0.15) is 0 Å². The molecular formula is C20H31N3O3S. The Morgan fingerprint density at radius 1 is 1.19 bits per heavy atom. The molecular weight excluding hydrogens is 362 g/mol. The molecule has 0 radical (unpaired) electrons. The number of piperazine rings is 1. The number of likely N-dealkylation sites (N-methyl/N-ethyl adjacent to an activating group) is 1. The maximum Gasteiger partial charge on any atom is 0.303 e. The quantitative estimate of drug-likeness (QED) is 0.768. The van der Waals surface area contributed by atoms with Crippen molar-refractivity contribution >= 4 is 23.2 Å². The third kappa shape index (κ3) is 5.77. The lowest BCUT2D eigenvalue weighted by molar-refractivity contribution is -0.138. The number of amides is 1. The van der Waals surface area contributed by atoms with E-state index in [9.17, 15) is 9.59 Å². The predicted molar refractivity (Wildman–Crippen MR) is 107 cm³/mol. The highest BCUT2D eigenvalue weighted by Crippen LogP contribution is 2.27. The molecule has 1 N–H and O–H groups in total. The molecule has 2 unspecified atom stereocenters. The second-order valence-electron chi connectivity index (χ2n) is 7.86. The summed E-state index contributed by atoms with van der Waals surface area (Å²) < 4.78 is 0. The number of carboxylic acid groups (broad SMARTS) is 1. The van der Waals surface area contributed by atoms with Crippen LogP contribution in [-0.2, 0) is 16.0 Å². The molecule has 0 spiro atoms. The highest BCUT2D eigenvalue weighted by Gasteiger charge is 2.35. The summed E-state index contributed by atoms with van der Waals surface area (Å²) in [6, 6.07) is 2.48. The van der Waals surface area contributed by atoms with Crippen molar-refractivity contribution in [3.8, 4) is 0 Å². The number of aliphatic carboxylic acids is 1. The average molecular weight is 394 g/mol. The third-order valence-corrected chi connectivity index (χ3v) is 6.72. The molecule has 27 heavy (non-hydrogen) atoms. The molecule has 2 aliphatic rings. The van der Waals surface area contributed by atoms with Gasteiger partial charge in [-0.05, 0) is 54.6 Å². The van der Waals surface area contributed by atoms with E-state index in [-0.39, 0.29) is 18.2 Å². The van der Waals surface area contributed by atoms with Crippen LogP contribution in [0.3, 0.4) is 0 Å². The molecule has 150 valence electrons. The van der Waals surface area contributed by atoms with Crippen LogP contribution in [0.25, 0.3) is 0 Å². The first kappa shape index (κ1) is 20.3. The minimum absolute atomic E-state index is 0.186. The van der Waals surface area contributed by atoms with Crippen molar-refractivity contribution in [3.05, 3.63) is 22.4 Å². The highest BCUT2D eigenvalue weighted by atomic mass is 32.1. The minimum Gasteiger partial charge on any atom is -0.481 e. The van der Waals surface area contributed by atoms with Crippen molar-refractivity contribution in [3.63, 3.8) is 0 Å². The summed E-state index contributed by atoms with van der Waals surface area (Å²) in [6.07, 6.45) is 3.13. The number of likely N-dealkylation sites (tertiary alicyclic amines) is 1. The van der Waals surface area contributed by atoms with E-state index >= 15 is 0 Å². The van der Waals surface area contributed by atoms with Crippen molar-refractivity contribution < 1.29 is 14.7 Å². The number of carbonyl (C=O) groups is 2. The maximum absolute atomic E-state index is 12.7. The van der Waals surface area contributed by atoms with Gasteiger partial charge in [0, 0.05) is 58.2 Å². The first-order valence-corrected chi connectivity index (χ1v) is 10.9. The predicted octanol–water partition coefficient (Wildman–Crippen LogP) is 2.01. The number of piperidine rings is 1. The average Bonchev–Trinajstić information content (AvgIpc) is 3.18. The van der Waals surface area contributed by atoms with Crippen LogP contribution in [0.5, 0.6) is 0 Å². The Hall–Kier alpha value is -1.44. The summed E-state index contributed by atoms with van der Waals surface area (Å²) in [5.41, 5.74) is 1.23. The summed E-state index contributed by atoms with van der Waals surface area (Å²) in [4.78, 5) is 30.7. The number of carboxylic acids is 1. The Balaban J connectivity index is 1.57. The fourth-order valence-corrected chi connectivity index (χ4v) is 5.02. The molecule has 1 amide bonds. The first-order valence-electron chi connectivity index (χ1n) is 9.96. The van der Waals surface area contributed by atoms with E-state index in [2.05, 4.69) is 28.3 Å². The van der Waals surface area contributed by atoms with Gasteiger partial charge in [-0.15, -0.1) is 0 Å². The Labute approximate surface area is 165 Å². The van der Waals surface area contributed by atoms with Gasteiger partial charge in [0.2, 0.25) is 5.91 Å². The second-order valence-corrected chi connectivity index (χ2v) is 8.64. The molecule has 0 aromatic carbocycles. The minimum atomic E-state index is -0.743. The molecule has 0 bridgehead atoms. The van der Waals surface area contributed by atoms with Crippen molar-refractivity contribution in [2.45, 2.75) is 38.1 Å².